The molecule has 0 radical (unpaired) electrons. The molecule has 1 saturated carbocycles. The monoisotopic (exact) mass is 261 g/mol. The van der Waals surface area contributed by atoms with Gasteiger partial charge in [-0.3, -0.25) is 4.90 Å². The molecule has 1 heterocycles. The van der Waals surface area contributed by atoms with Gasteiger partial charge in [0.1, 0.15) is 5.75 Å². The summed E-state index contributed by atoms with van der Waals surface area (Å²) in [5.41, 5.74) is 1.77. The number of ether oxygens (including phenoxy) is 1. The van der Waals surface area contributed by atoms with Crippen molar-refractivity contribution in [1.29, 1.82) is 0 Å². The molecule has 1 aliphatic heterocycles. The minimum Gasteiger partial charge on any atom is -0.496 e. The van der Waals surface area contributed by atoms with Crippen molar-refractivity contribution in [1.82, 2.24) is 4.90 Å². The average Bonchev–Trinajstić information content (AvgIpc) is 3.14. The molecule has 3 heteroatoms. The first-order chi connectivity index (χ1) is 9.09. The number of aryl methyl sites for hydroxylation is 1. The molecule has 1 atom stereocenters. The minimum atomic E-state index is -0.580. The highest BCUT2D eigenvalue weighted by Gasteiger charge is 2.42. The summed E-state index contributed by atoms with van der Waals surface area (Å²) in [4.78, 5) is 2.45. The Labute approximate surface area is 115 Å². The average molecular weight is 261 g/mol. The van der Waals surface area contributed by atoms with Gasteiger partial charge in [0.05, 0.1) is 12.7 Å². The number of nitrogens with zero attached hydrogens (tertiary/aromatic N) is 1. The molecular weight excluding hydrogens is 238 g/mol. The lowest BCUT2D eigenvalue weighted by Gasteiger charge is -2.24. The first-order valence-electron chi connectivity index (χ1n) is 7.20. The van der Waals surface area contributed by atoms with Crippen LogP contribution in [0.1, 0.15) is 30.4 Å². The number of aliphatic hydroxyl groups is 1. The van der Waals surface area contributed by atoms with Crippen LogP contribution >= 0.6 is 0 Å². The maximum Gasteiger partial charge on any atom is 0.122 e. The molecule has 1 aromatic rings. The van der Waals surface area contributed by atoms with Gasteiger partial charge in [-0.15, -0.1) is 0 Å². The second kappa shape index (κ2) is 4.80. The highest BCUT2D eigenvalue weighted by molar-refractivity contribution is 5.38. The van der Waals surface area contributed by atoms with Crippen LogP contribution in [0.15, 0.2) is 18.2 Å². The minimum absolute atomic E-state index is 0.580. The Bertz CT molecular complexity index is 470. The summed E-state index contributed by atoms with van der Waals surface area (Å²) in [6, 6.07) is 6.93. The molecule has 3 nitrogen and oxygen atoms in total. The van der Waals surface area contributed by atoms with Crippen LogP contribution in [0, 0.1) is 6.92 Å². The third kappa shape index (κ3) is 2.77. The van der Waals surface area contributed by atoms with E-state index in [4.69, 9.17) is 4.74 Å². The lowest BCUT2D eigenvalue weighted by molar-refractivity contribution is 0.0481. The molecule has 19 heavy (non-hydrogen) atoms. The zero-order valence-corrected chi connectivity index (χ0v) is 11.9. The van der Waals surface area contributed by atoms with Gasteiger partial charge in [-0.25, -0.2) is 0 Å². The molecule has 1 N–H and O–H groups in total. The maximum absolute atomic E-state index is 10.8. The Balaban J connectivity index is 1.75. The number of hydrogen-bond donors (Lipinski definition) is 1. The maximum atomic E-state index is 10.8. The fraction of sp³-hybridized carbons (Fsp3) is 0.625. The number of rotatable bonds is 4. The molecule has 0 bridgehead atoms. The van der Waals surface area contributed by atoms with Crippen LogP contribution < -0.4 is 4.74 Å². The van der Waals surface area contributed by atoms with Gasteiger partial charge in [0.15, 0.2) is 0 Å². The molecule has 1 saturated heterocycles. The molecule has 1 aliphatic carbocycles. The van der Waals surface area contributed by atoms with Crippen LogP contribution in [0.25, 0.3) is 0 Å². The standard InChI is InChI=1S/C16H23NO2/c1-12-3-6-15(19-2)13(9-12)10-16(18)7-8-17(11-16)14-4-5-14/h3,6,9,14,18H,4-5,7-8,10-11H2,1-2H3. The lowest BCUT2D eigenvalue weighted by Crippen LogP contribution is -2.36. The summed E-state index contributed by atoms with van der Waals surface area (Å²) < 4.78 is 5.42. The fourth-order valence-electron chi connectivity index (χ4n) is 3.18. The number of hydrogen-bond acceptors (Lipinski definition) is 3. The van der Waals surface area contributed by atoms with Gasteiger partial charge in [0.2, 0.25) is 0 Å². The van der Waals surface area contributed by atoms with E-state index in [1.54, 1.807) is 7.11 Å². The number of methoxy groups -OCH3 is 1. The largest absolute Gasteiger partial charge is 0.496 e. The van der Waals surface area contributed by atoms with Gasteiger partial charge < -0.3 is 9.84 Å². The van der Waals surface area contributed by atoms with Gasteiger partial charge in [0.25, 0.3) is 0 Å². The molecule has 1 aromatic carbocycles. The summed E-state index contributed by atoms with van der Waals surface area (Å²) in [6.45, 7) is 3.93. The van der Waals surface area contributed by atoms with E-state index in [2.05, 4.69) is 24.0 Å². The second-order valence-electron chi connectivity index (χ2n) is 6.17. The smallest absolute Gasteiger partial charge is 0.122 e. The van der Waals surface area contributed by atoms with Crippen molar-refractivity contribution in [2.75, 3.05) is 20.2 Å². The second-order valence-corrected chi connectivity index (χ2v) is 6.17. The number of likely N-dealkylation sites (tertiary alicyclic amines) is 1. The van der Waals surface area contributed by atoms with E-state index >= 15 is 0 Å². The van der Waals surface area contributed by atoms with Crippen molar-refractivity contribution >= 4 is 0 Å². The van der Waals surface area contributed by atoms with Crippen LogP contribution in [-0.4, -0.2) is 41.8 Å². The van der Waals surface area contributed by atoms with Gasteiger partial charge in [-0.1, -0.05) is 17.7 Å². The van der Waals surface area contributed by atoms with Crippen LogP contribution in [0.5, 0.6) is 5.75 Å². The van der Waals surface area contributed by atoms with E-state index in [1.165, 1.54) is 18.4 Å². The van der Waals surface area contributed by atoms with E-state index in [1.807, 2.05) is 6.07 Å². The Kier molecular flexibility index (Phi) is 3.27. The summed E-state index contributed by atoms with van der Waals surface area (Å²) in [5.74, 6) is 0.892. The summed E-state index contributed by atoms with van der Waals surface area (Å²) in [6.07, 6.45) is 4.19. The predicted octanol–water partition coefficient (Wildman–Crippen LogP) is 2.15. The van der Waals surface area contributed by atoms with Gasteiger partial charge >= 0.3 is 0 Å². The molecule has 0 amide bonds. The van der Waals surface area contributed by atoms with E-state index in [0.29, 0.717) is 6.42 Å². The molecule has 1 unspecified atom stereocenters. The van der Waals surface area contributed by atoms with Crippen LogP contribution in [0.3, 0.4) is 0 Å². The topological polar surface area (TPSA) is 32.7 Å². The Morgan fingerprint density at radius 3 is 2.89 bits per heavy atom. The van der Waals surface area contributed by atoms with Crippen molar-refractivity contribution in [3.05, 3.63) is 29.3 Å². The third-order valence-corrected chi connectivity index (χ3v) is 4.38. The fourth-order valence-corrected chi connectivity index (χ4v) is 3.18. The van der Waals surface area contributed by atoms with Crippen molar-refractivity contribution in [3.63, 3.8) is 0 Å². The first-order valence-corrected chi connectivity index (χ1v) is 7.20. The zero-order valence-electron chi connectivity index (χ0n) is 11.9. The van der Waals surface area contributed by atoms with Gasteiger partial charge in [-0.05, 0) is 37.8 Å². The van der Waals surface area contributed by atoms with E-state index in [0.717, 1.165) is 36.9 Å². The highest BCUT2D eigenvalue weighted by atomic mass is 16.5. The summed E-state index contributed by atoms with van der Waals surface area (Å²) >= 11 is 0. The molecule has 2 aliphatic rings. The third-order valence-electron chi connectivity index (χ3n) is 4.38. The van der Waals surface area contributed by atoms with E-state index in [9.17, 15) is 5.11 Å². The molecule has 104 valence electrons. The predicted molar refractivity (Wildman–Crippen MR) is 75.6 cm³/mol. The van der Waals surface area contributed by atoms with Crippen molar-refractivity contribution < 1.29 is 9.84 Å². The van der Waals surface area contributed by atoms with Crippen molar-refractivity contribution in [3.8, 4) is 5.75 Å². The summed E-state index contributed by atoms with van der Waals surface area (Å²) in [7, 11) is 1.70. The molecule has 0 spiro atoms. The summed E-state index contributed by atoms with van der Waals surface area (Å²) in [5, 5.41) is 10.8. The SMILES string of the molecule is COc1ccc(C)cc1CC1(O)CCN(C2CC2)C1. The van der Waals surface area contributed by atoms with Gasteiger partial charge in [-0.2, -0.15) is 0 Å². The van der Waals surface area contributed by atoms with E-state index < -0.39 is 5.60 Å². The number of β-amino-alcohol motifs (C(OH)–C–C–N with tert-alkyl or cyclic N) is 1. The molecule has 0 aromatic heterocycles. The number of benzene rings is 1. The van der Waals surface area contributed by atoms with Crippen molar-refractivity contribution in [2.24, 2.45) is 0 Å². The molecular formula is C16H23NO2. The Morgan fingerprint density at radius 1 is 1.42 bits per heavy atom. The highest BCUT2D eigenvalue weighted by Crippen LogP contribution is 2.36. The first kappa shape index (κ1) is 12.9. The Hall–Kier alpha value is -1.06. The zero-order chi connectivity index (χ0) is 13.5. The molecule has 3 rings (SSSR count). The normalized spacial score (nSPS) is 27.7. The molecule has 2 fully saturated rings. The van der Waals surface area contributed by atoms with Crippen LogP contribution in [0.2, 0.25) is 0 Å². The Morgan fingerprint density at radius 2 is 2.21 bits per heavy atom. The van der Waals surface area contributed by atoms with E-state index in [-0.39, 0.29) is 0 Å². The lowest BCUT2D eigenvalue weighted by atomic mass is 9.92. The van der Waals surface area contributed by atoms with Crippen LogP contribution in [-0.2, 0) is 6.42 Å². The van der Waals surface area contributed by atoms with Crippen molar-refractivity contribution in [2.45, 2.75) is 44.2 Å². The quantitative estimate of drug-likeness (QED) is 0.901. The van der Waals surface area contributed by atoms with Gasteiger partial charge in [0, 0.05) is 25.6 Å². The van der Waals surface area contributed by atoms with Crippen LogP contribution in [0.4, 0.5) is 0 Å².